The first-order valence-electron chi connectivity index (χ1n) is 7.12. The molecule has 1 aliphatic rings. The third kappa shape index (κ3) is 2.41. The largest absolute Gasteiger partial charge is 0.468 e. The topological polar surface area (TPSA) is 39.2 Å². The molecule has 0 fully saturated rings. The Bertz CT molecular complexity index is 727. The van der Waals surface area contributed by atoms with Gasteiger partial charge < -0.3 is 4.74 Å². The zero-order valence-electron chi connectivity index (χ0n) is 12.3. The van der Waals surface area contributed by atoms with E-state index in [0.29, 0.717) is 18.4 Å². The molecule has 0 saturated carbocycles. The first kappa shape index (κ1) is 14.4. The fourth-order valence-corrected chi connectivity index (χ4v) is 3.01. The molecule has 3 rings (SSSR count). The highest BCUT2D eigenvalue weighted by Crippen LogP contribution is 2.43. The lowest BCUT2D eigenvalue weighted by molar-refractivity contribution is -0.145. The van der Waals surface area contributed by atoms with Gasteiger partial charge in [-0.15, -0.1) is 0 Å². The van der Waals surface area contributed by atoms with Gasteiger partial charge in [0.15, 0.2) is 0 Å². The molecule has 22 heavy (non-hydrogen) atoms. The minimum atomic E-state index is -0.808. The lowest BCUT2D eigenvalue weighted by Gasteiger charge is -2.24. The summed E-state index contributed by atoms with van der Waals surface area (Å²) in [4.78, 5) is 16.3. The maximum Gasteiger partial charge on any atom is 0.320 e. The Balaban J connectivity index is 2.08. The second kappa shape index (κ2) is 5.72. The molecule has 1 aromatic carbocycles. The van der Waals surface area contributed by atoms with E-state index in [2.05, 4.69) is 4.98 Å². The maximum absolute atomic E-state index is 13.4. The summed E-state index contributed by atoms with van der Waals surface area (Å²) in [5, 5.41) is 0. The molecule has 0 amide bonds. The number of halogens is 1. The molecule has 112 valence electrons. The quantitative estimate of drug-likeness (QED) is 0.814. The van der Waals surface area contributed by atoms with Gasteiger partial charge in [0.1, 0.15) is 11.2 Å². The molecule has 0 radical (unpaired) electrons. The highest BCUT2D eigenvalue weighted by atomic mass is 19.1. The zero-order valence-corrected chi connectivity index (χ0v) is 12.3. The van der Waals surface area contributed by atoms with E-state index in [1.807, 2.05) is 36.4 Å². The lowest BCUT2D eigenvalue weighted by Crippen LogP contribution is -2.33. The normalized spacial score (nSPS) is 20.5. The van der Waals surface area contributed by atoms with Crippen molar-refractivity contribution in [2.24, 2.45) is 0 Å². The van der Waals surface area contributed by atoms with Crippen molar-refractivity contribution in [1.82, 2.24) is 4.98 Å². The van der Waals surface area contributed by atoms with E-state index in [1.54, 1.807) is 6.20 Å². The first-order valence-corrected chi connectivity index (χ1v) is 7.12. The molecule has 0 bridgehead atoms. The van der Waals surface area contributed by atoms with Crippen molar-refractivity contribution in [2.45, 2.75) is 18.3 Å². The van der Waals surface area contributed by atoms with Gasteiger partial charge in [-0.2, -0.15) is 0 Å². The van der Waals surface area contributed by atoms with Crippen molar-refractivity contribution < 1.29 is 13.9 Å². The molecule has 0 saturated heterocycles. The second-order valence-corrected chi connectivity index (χ2v) is 5.39. The Hall–Kier alpha value is -2.49. The molecule has 3 nitrogen and oxygen atoms in total. The Kier molecular flexibility index (Phi) is 3.75. The molecule has 1 atom stereocenters. The van der Waals surface area contributed by atoms with Gasteiger partial charge in [-0.1, -0.05) is 36.4 Å². The smallest absolute Gasteiger partial charge is 0.320 e. The fraction of sp³-hybridized carbons (Fsp3) is 0.222. The van der Waals surface area contributed by atoms with Crippen molar-refractivity contribution in [1.29, 1.82) is 0 Å². The Morgan fingerprint density at radius 2 is 2.05 bits per heavy atom. The van der Waals surface area contributed by atoms with Crippen LogP contribution in [0.1, 0.15) is 24.0 Å². The monoisotopic (exact) mass is 297 g/mol. The van der Waals surface area contributed by atoms with Gasteiger partial charge in [-0.05, 0) is 35.6 Å². The molecule has 0 spiro atoms. The minimum Gasteiger partial charge on any atom is -0.468 e. The number of carbonyl (C=O) groups is 1. The number of nitrogens with zero attached hydrogens (tertiary/aromatic N) is 1. The summed E-state index contributed by atoms with van der Waals surface area (Å²) in [6.45, 7) is 0. The number of benzene rings is 1. The number of hydrogen-bond acceptors (Lipinski definition) is 3. The van der Waals surface area contributed by atoms with E-state index >= 15 is 0 Å². The average molecular weight is 297 g/mol. The van der Waals surface area contributed by atoms with Crippen LogP contribution in [0.25, 0.3) is 5.57 Å². The number of hydrogen-bond donors (Lipinski definition) is 0. The summed E-state index contributed by atoms with van der Waals surface area (Å²) in [5.41, 5.74) is 1.71. The number of aromatic nitrogens is 1. The van der Waals surface area contributed by atoms with E-state index in [-0.39, 0.29) is 11.8 Å². The second-order valence-electron chi connectivity index (χ2n) is 5.39. The predicted octanol–water partition coefficient (Wildman–Crippen LogP) is 3.51. The molecule has 1 aromatic heterocycles. The molecule has 1 heterocycles. The van der Waals surface area contributed by atoms with E-state index < -0.39 is 5.41 Å². The van der Waals surface area contributed by atoms with Gasteiger partial charge in [0.25, 0.3) is 0 Å². The van der Waals surface area contributed by atoms with Gasteiger partial charge in [-0.3, -0.25) is 9.78 Å². The van der Waals surface area contributed by atoms with Gasteiger partial charge in [0, 0.05) is 6.20 Å². The summed E-state index contributed by atoms with van der Waals surface area (Å²) >= 11 is 0. The van der Waals surface area contributed by atoms with Crippen LogP contribution in [0.15, 0.2) is 54.9 Å². The number of methoxy groups -OCH3 is 1. The van der Waals surface area contributed by atoms with Crippen LogP contribution in [0, 0.1) is 5.82 Å². The Morgan fingerprint density at radius 1 is 1.27 bits per heavy atom. The Labute approximate surface area is 128 Å². The van der Waals surface area contributed by atoms with Crippen molar-refractivity contribution in [3.8, 4) is 0 Å². The third-order valence-corrected chi connectivity index (χ3v) is 4.12. The molecular weight excluding hydrogens is 281 g/mol. The van der Waals surface area contributed by atoms with Crippen molar-refractivity contribution in [3.05, 3.63) is 71.8 Å². The molecule has 1 aliphatic carbocycles. The first-order chi connectivity index (χ1) is 10.7. The molecule has 2 aromatic rings. The van der Waals surface area contributed by atoms with Crippen LogP contribution in [0.3, 0.4) is 0 Å². The maximum atomic E-state index is 13.4. The molecule has 0 unspecified atom stereocenters. The summed E-state index contributed by atoms with van der Waals surface area (Å²) in [6, 6.07) is 11.0. The highest BCUT2D eigenvalue weighted by molar-refractivity contribution is 5.90. The zero-order chi connectivity index (χ0) is 15.6. The lowest BCUT2D eigenvalue weighted by atomic mass is 9.80. The summed E-state index contributed by atoms with van der Waals surface area (Å²) in [6.07, 6.45) is 5.96. The molecule has 0 aliphatic heterocycles. The van der Waals surface area contributed by atoms with E-state index in [0.717, 1.165) is 11.1 Å². The van der Waals surface area contributed by atoms with Crippen LogP contribution in [0.2, 0.25) is 0 Å². The molecule has 0 N–H and O–H groups in total. The average Bonchev–Trinajstić information content (AvgIpc) is 3.01. The van der Waals surface area contributed by atoms with Crippen LogP contribution in [-0.4, -0.2) is 18.1 Å². The minimum absolute atomic E-state index is 0.293. The SMILES string of the molecule is COC(=O)[C@]1(c2ccccc2)C=C(c2cncc(F)c2)CC1. The number of carbonyl (C=O) groups excluding carboxylic acids is 1. The van der Waals surface area contributed by atoms with Crippen LogP contribution < -0.4 is 0 Å². The van der Waals surface area contributed by atoms with Crippen molar-refractivity contribution in [2.75, 3.05) is 7.11 Å². The van der Waals surface area contributed by atoms with Crippen LogP contribution in [0.4, 0.5) is 4.39 Å². The number of ether oxygens (including phenoxy) is 1. The van der Waals surface area contributed by atoms with Crippen molar-refractivity contribution >= 4 is 11.5 Å². The number of rotatable bonds is 3. The van der Waals surface area contributed by atoms with E-state index in [4.69, 9.17) is 4.74 Å². The molecular formula is C18H16FNO2. The van der Waals surface area contributed by atoms with Gasteiger partial charge in [0.05, 0.1) is 13.3 Å². The fourth-order valence-electron chi connectivity index (χ4n) is 3.01. The van der Waals surface area contributed by atoms with Gasteiger partial charge in [0.2, 0.25) is 0 Å². The molecule has 4 heteroatoms. The predicted molar refractivity (Wildman–Crippen MR) is 81.5 cm³/mol. The van der Waals surface area contributed by atoms with Crippen LogP contribution in [-0.2, 0) is 14.9 Å². The van der Waals surface area contributed by atoms with Crippen LogP contribution >= 0.6 is 0 Å². The number of esters is 1. The summed E-state index contributed by atoms with van der Waals surface area (Å²) < 4.78 is 18.4. The van der Waals surface area contributed by atoms with Gasteiger partial charge in [-0.25, -0.2) is 4.39 Å². The number of pyridine rings is 1. The van der Waals surface area contributed by atoms with E-state index in [1.165, 1.54) is 19.4 Å². The van der Waals surface area contributed by atoms with Crippen molar-refractivity contribution in [3.63, 3.8) is 0 Å². The standard InChI is InChI=1S/C18H16FNO2/c1-22-17(21)18(15-5-3-2-4-6-15)8-7-13(10-18)14-9-16(19)12-20-11-14/h2-6,9-12H,7-8H2,1H3/t18-/m0/s1. The highest BCUT2D eigenvalue weighted by Gasteiger charge is 2.43. The Morgan fingerprint density at radius 3 is 2.73 bits per heavy atom. The third-order valence-electron chi connectivity index (χ3n) is 4.12. The summed E-state index contributed by atoms with van der Waals surface area (Å²) in [5.74, 6) is -0.674. The van der Waals surface area contributed by atoms with E-state index in [9.17, 15) is 9.18 Å². The number of allylic oxidation sites excluding steroid dienone is 1. The summed E-state index contributed by atoms with van der Waals surface area (Å²) in [7, 11) is 1.39. The van der Waals surface area contributed by atoms with Gasteiger partial charge >= 0.3 is 5.97 Å². The van der Waals surface area contributed by atoms with Crippen LogP contribution in [0.5, 0.6) is 0 Å².